The number of rotatable bonds is 7. The highest BCUT2D eigenvalue weighted by atomic mass is 19.1. The number of amides is 1. The molecule has 0 atom stereocenters. The minimum atomic E-state index is -0.232. The van der Waals surface area contributed by atoms with Gasteiger partial charge in [0, 0.05) is 12.5 Å². The summed E-state index contributed by atoms with van der Waals surface area (Å²) in [6.07, 6.45) is 1.41. The number of ether oxygens (including phenoxy) is 2. The molecule has 0 aliphatic heterocycles. The molecule has 0 spiro atoms. The van der Waals surface area contributed by atoms with Crippen LogP contribution >= 0.6 is 0 Å². The molecule has 0 saturated heterocycles. The van der Waals surface area contributed by atoms with E-state index in [2.05, 4.69) is 5.32 Å². The standard InChI is InChI=1S/C18H20FNO3/c1-22-14-10-11-16(17(12-14)23-2)20-18(21)9-5-7-13-6-3-4-8-15(13)19/h3-4,6,8,10-12H,5,7,9H2,1-2H3,(H,20,21). The fourth-order valence-corrected chi connectivity index (χ4v) is 2.26. The summed E-state index contributed by atoms with van der Waals surface area (Å²) < 4.78 is 23.8. The number of halogens is 1. The maximum Gasteiger partial charge on any atom is 0.224 e. The SMILES string of the molecule is COc1ccc(NC(=O)CCCc2ccccc2F)c(OC)c1. The number of hydrogen-bond donors (Lipinski definition) is 1. The maximum atomic E-state index is 13.5. The first-order valence-electron chi connectivity index (χ1n) is 7.39. The van der Waals surface area contributed by atoms with E-state index in [9.17, 15) is 9.18 Å². The van der Waals surface area contributed by atoms with Crippen molar-refractivity contribution in [2.45, 2.75) is 19.3 Å². The summed E-state index contributed by atoms with van der Waals surface area (Å²) in [5.74, 6) is 0.820. The van der Waals surface area contributed by atoms with E-state index < -0.39 is 0 Å². The Kier molecular flexibility index (Phi) is 5.97. The predicted molar refractivity (Wildman–Crippen MR) is 87.5 cm³/mol. The first-order chi connectivity index (χ1) is 11.1. The van der Waals surface area contributed by atoms with Crippen LogP contribution in [0.1, 0.15) is 18.4 Å². The summed E-state index contributed by atoms with van der Waals surface area (Å²) in [5, 5.41) is 2.80. The highest BCUT2D eigenvalue weighted by Crippen LogP contribution is 2.29. The largest absolute Gasteiger partial charge is 0.497 e. The Morgan fingerprint density at radius 3 is 2.61 bits per heavy atom. The van der Waals surface area contributed by atoms with E-state index in [1.165, 1.54) is 13.2 Å². The topological polar surface area (TPSA) is 47.6 Å². The van der Waals surface area contributed by atoms with E-state index in [0.29, 0.717) is 42.0 Å². The second-order valence-electron chi connectivity index (χ2n) is 5.06. The zero-order valence-corrected chi connectivity index (χ0v) is 13.3. The fourth-order valence-electron chi connectivity index (χ4n) is 2.26. The van der Waals surface area contributed by atoms with Crippen molar-refractivity contribution in [3.63, 3.8) is 0 Å². The molecule has 0 saturated carbocycles. The quantitative estimate of drug-likeness (QED) is 0.845. The van der Waals surface area contributed by atoms with Gasteiger partial charge < -0.3 is 14.8 Å². The van der Waals surface area contributed by atoms with Crippen LogP contribution in [0.5, 0.6) is 11.5 Å². The van der Waals surface area contributed by atoms with Crippen LogP contribution in [0.4, 0.5) is 10.1 Å². The van der Waals surface area contributed by atoms with Crippen LogP contribution < -0.4 is 14.8 Å². The second-order valence-corrected chi connectivity index (χ2v) is 5.06. The third-order valence-electron chi connectivity index (χ3n) is 3.49. The molecular weight excluding hydrogens is 297 g/mol. The minimum Gasteiger partial charge on any atom is -0.497 e. The molecule has 0 heterocycles. The number of nitrogens with one attached hydrogen (secondary N) is 1. The Morgan fingerprint density at radius 1 is 1.13 bits per heavy atom. The van der Waals surface area contributed by atoms with Gasteiger partial charge in [0.2, 0.25) is 5.91 Å². The molecule has 5 heteroatoms. The molecule has 1 N–H and O–H groups in total. The predicted octanol–water partition coefficient (Wildman–Crippen LogP) is 3.80. The van der Waals surface area contributed by atoms with Gasteiger partial charge in [-0.3, -0.25) is 4.79 Å². The zero-order valence-electron chi connectivity index (χ0n) is 13.3. The summed E-state index contributed by atoms with van der Waals surface area (Å²) in [7, 11) is 3.10. The van der Waals surface area contributed by atoms with Gasteiger partial charge in [-0.15, -0.1) is 0 Å². The smallest absolute Gasteiger partial charge is 0.224 e. The molecule has 0 bridgehead atoms. The van der Waals surface area contributed by atoms with E-state index in [-0.39, 0.29) is 11.7 Å². The molecule has 0 aliphatic carbocycles. The molecule has 122 valence electrons. The van der Waals surface area contributed by atoms with E-state index in [1.54, 1.807) is 43.5 Å². The number of hydrogen-bond acceptors (Lipinski definition) is 3. The molecule has 0 unspecified atom stereocenters. The molecule has 0 fully saturated rings. The average Bonchev–Trinajstić information content (AvgIpc) is 2.57. The lowest BCUT2D eigenvalue weighted by Gasteiger charge is -2.11. The molecule has 0 aromatic heterocycles. The van der Waals surface area contributed by atoms with Gasteiger partial charge in [-0.05, 0) is 36.6 Å². The van der Waals surface area contributed by atoms with Crippen LogP contribution in [0, 0.1) is 5.82 Å². The van der Waals surface area contributed by atoms with Gasteiger partial charge in [0.05, 0.1) is 19.9 Å². The van der Waals surface area contributed by atoms with Crippen LogP contribution in [-0.2, 0) is 11.2 Å². The maximum absolute atomic E-state index is 13.5. The lowest BCUT2D eigenvalue weighted by atomic mass is 10.1. The number of carbonyl (C=O) groups is 1. The monoisotopic (exact) mass is 317 g/mol. The first kappa shape index (κ1) is 16.8. The molecule has 4 nitrogen and oxygen atoms in total. The van der Waals surface area contributed by atoms with Crippen LogP contribution in [0.3, 0.4) is 0 Å². The third-order valence-corrected chi connectivity index (χ3v) is 3.49. The summed E-state index contributed by atoms with van der Waals surface area (Å²) >= 11 is 0. The Balaban J connectivity index is 1.89. The van der Waals surface area contributed by atoms with Crippen LogP contribution in [-0.4, -0.2) is 20.1 Å². The van der Waals surface area contributed by atoms with Crippen molar-refractivity contribution in [1.82, 2.24) is 0 Å². The van der Waals surface area contributed by atoms with Crippen LogP contribution in [0.25, 0.3) is 0 Å². The van der Waals surface area contributed by atoms with E-state index in [1.807, 2.05) is 0 Å². The summed E-state index contributed by atoms with van der Waals surface area (Å²) in [5.41, 5.74) is 1.21. The van der Waals surface area contributed by atoms with Gasteiger partial charge in [0.1, 0.15) is 17.3 Å². The van der Waals surface area contributed by atoms with E-state index >= 15 is 0 Å². The Hall–Kier alpha value is -2.56. The minimum absolute atomic E-state index is 0.134. The molecule has 2 rings (SSSR count). The average molecular weight is 317 g/mol. The van der Waals surface area contributed by atoms with Crippen molar-refractivity contribution in [3.05, 3.63) is 53.8 Å². The van der Waals surface area contributed by atoms with Gasteiger partial charge in [-0.25, -0.2) is 4.39 Å². The molecule has 1 amide bonds. The van der Waals surface area contributed by atoms with Crippen molar-refractivity contribution in [2.75, 3.05) is 19.5 Å². The number of aryl methyl sites for hydroxylation is 1. The van der Waals surface area contributed by atoms with Crippen LogP contribution in [0.2, 0.25) is 0 Å². The second kappa shape index (κ2) is 8.17. The van der Waals surface area contributed by atoms with Gasteiger partial charge in [0.25, 0.3) is 0 Å². The lowest BCUT2D eigenvalue weighted by Crippen LogP contribution is -2.12. The number of carbonyl (C=O) groups excluding carboxylic acids is 1. The van der Waals surface area contributed by atoms with Crippen LogP contribution in [0.15, 0.2) is 42.5 Å². The lowest BCUT2D eigenvalue weighted by molar-refractivity contribution is -0.116. The van der Waals surface area contributed by atoms with Gasteiger partial charge in [0.15, 0.2) is 0 Å². The molecule has 2 aromatic carbocycles. The normalized spacial score (nSPS) is 10.2. The summed E-state index contributed by atoms with van der Waals surface area (Å²) in [6.45, 7) is 0. The Morgan fingerprint density at radius 2 is 1.91 bits per heavy atom. The number of benzene rings is 2. The fraction of sp³-hybridized carbons (Fsp3) is 0.278. The Bertz CT molecular complexity index is 673. The molecule has 0 aliphatic rings. The van der Waals surface area contributed by atoms with Gasteiger partial charge in [-0.1, -0.05) is 18.2 Å². The molecular formula is C18H20FNO3. The van der Waals surface area contributed by atoms with Crippen molar-refractivity contribution < 1.29 is 18.7 Å². The van der Waals surface area contributed by atoms with Crippen molar-refractivity contribution >= 4 is 11.6 Å². The highest BCUT2D eigenvalue weighted by molar-refractivity contribution is 5.92. The molecule has 23 heavy (non-hydrogen) atoms. The van der Waals surface area contributed by atoms with Crippen molar-refractivity contribution in [1.29, 1.82) is 0 Å². The Labute approximate surface area is 135 Å². The molecule has 0 radical (unpaired) electrons. The third kappa shape index (κ3) is 4.71. The highest BCUT2D eigenvalue weighted by Gasteiger charge is 2.09. The van der Waals surface area contributed by atoms with Gasteiger partial charge >= 0.3 is 0 Å². The summed E-state index contributed by atoms with van der Waals surface area (Å²) in [6, 6.07) is 11.8. The van der Waals surface area contributed by atoms with Crippen molar-refractivity contribution in [2.24, 2.45) is 0 Å². The van der Waals surface area contributed by atoms with E-state index in [0.717, 1.165) is 0 Å². The number of anilines is 1. The zero-order chi connectivity index (χ0) is 16.7. The number of methoxy groups -OCH3 is 2. The van der Waals surface area contributed by atoms with Gasteiger partial charge in [-0.2, -0.15) is 0 Å². The first-order valence-corrected chi connectivity index (χ1v) is 7.39. The molecule has 2 aromatic rings. The summed E-state index contributed by atoms with van der Waals surface area (Å²) in [4.78, 5) is 12.0. The van der Waals surface area contributed by atoms with E-state index in [4.69, 9.17) is 9.47 Å². The van der Waals surface area contributed by atoms with Crippen molar-refractivity contribution in [3.8, 4) is 11.5 Å².